The van der Waals surface area contributed by atoms with E-state index in [1.54, 1.807) is 17.1 Å². The van der Waals surface area contributed by atoms with Gasteiger partial charge in [0, 0.05) is 37.7 Å². The highest BCUT2D eigenvalue weighted by Gasteiger charge is 2.35. The Hall–Kier alpha value is -5.17. The number of hydrogen-bond acceptors (Lipinski definition) is 11. The van der Waals surface area contributed by atoms with E-state index in [0.29, 0.717) is 11.9 Å². The number of nitrogens with zero attached hydrogens (tertiary/aromatic N) is 11. The predicted octanol–water partition coefficient (Wildman–Crippen LogP) is 3.28. The monoisotopic (exact) mass is 672 g/mol. The molecule has 4 aromatic heterocycles. The first-order chi connectivity index (χ1) is 23.0. The molecule has 19 heteroatoms. The van der Waals surface area contributed by atoms with E-state index in [1.165, 1.54) is 27.8 Å². The molecule has 4 heterocycles. The van der Waals surface area contributed by atoms with Crippen molar-refractivity contribution in [2.45, 2.75) is 44.7 Å². The lowest BCUT2D eigenvalue weighted by Gasteiger charge is -2.40. The topological polar surface area (TPSA) is 146 Å². The number of ether oxygens (including phenoxy) is 2. The average molecular weight is 673 g/mol. The van der Waals surface area contributed by atoms with Crippen LogP contribution in [0.25, 0.3) is 16.9 Å². The molecule has 6 rings (SSSR count). The van der Waals surface area contributed by atoms with Crippen LogP contribution in [-0.2, 0) is 6.54 Å². The number of nitrogens with one attached hydrogen (secondary N) is 1. The molecule has 1 aromatic carbocycles. The van der Waals surface area contributed by atoms with Crippen LogP contribution in [0.15, 0.2) is 49.1 Å². The molecule has 0 atom stereocenters. The third-order valence-corrected chi connectivity index (χ3v) is 7.89. The van der Waals surface area contributed by atoms with Gasteiger partial charge < -0.3 is 24.6 Å². The van der Waals surface area contributed by atoms with Crippen molar-refractivity contribution in [2.24, 2.45) is 0 Å². The van der Waals surface area contributed by atoms with Crippen molar-refractivity contribution < 1.29 is 31.8 Å². The molecule has 1 fully saturated rings. The van der Waals surface area contributed by atoms with Crippen LogP contribution in [0.4, 0.5) is 23.2 Å². The lowest BCUT2D eigenvalue weighted by atomic mass is 9.86. The standard InChI is InChI=1S/C29H32F4N12O3/c1-41(2)9-10-42(3)17-11-18(12-17)45-38-24(37-40-45)16-43-15-22(36-27(46)21-14-35-44-8-4-7-34-26(21)44)25(39-43)20-13-19(47-28(30)31)5-6-23(20)48-29(32)33/h4-8,13-15,17-18,28-29H,9-12,16H2,1-3H3,(H,36,46). The Balaban J connectivity index is 1.28. The molecule has 1 amide bonds. The van der Waals surface area contributed by atoms with Gasteiger partial charge in [-0.05, 0) is 63.5 Å². The lowest BCUT2D eigenvalue weighted by Crippen LogP contribution is -2.46. The molecule has 1 N–H and O–H groups in total. The highest BCUT2D eigenvalue weighted by atomic mass is 19.3. The summed E-state index contributed by atoms with van der Waals surface area (Å²) in [6, 6.07) is 5.30. The SMILES string of the molecule is CN(C)CCN(C)C1CC(n2nnc(Cn3cc(NC(=O)c4cnn5cccnc45)c(-c4cc(OC(F)F)ccc4OC(F)F)n3)n2)C1. The van der Waals surface area contributed by atoms with Crippen LogP contribution in [0.5, 0.6) is 11.5 Å². The van der Waals surface area contributed by atoms with Gasteiger partial charge in [-0.15, -0.1) is 10.2 Å². The van der Waals surface area contributed by atoms with Gasteiger partial charge in [-0.3, -0.25) is 9.48 Å². The average Bonchev–Trinajstić information content (AvgIpc) is 3.75. The van der Waals surface area contributed by atoms with Crippen LogP contribution < -0.4 is 14.8 Å². The van der Waals surface area contributed by atoms with Crippen molar-refractivity contribution in [2.75, 3.05) is 39.5 Å². The van der Waals surface area contributed by atoms with E-state index in [-0.39, 0.29) is 52.2 Å². The molecule has 1 saturated carbocycles. The summed E-state index contributed by atoms with van der Waals surface area (Å²) < 4.78 is 64.9. The maximum Gasteiger partial charge on any atom is 0.387 e. The maximum atomic E-state index is 13.4. The number of amides is 1. The molecular weight excluding hydrogens is 640 g/mol. The third-order valence-electron chi connectivity index (χ3n) is 7.89. The molecule has 0 saturated heterocycles. The number of likely N-dealkylation sites (N-methyl/N-ethyl adjacent to an activating group) is 2. The van der Waals surface area contributed by atoms with Crippen molar-refractivity contribution >= 4 is 17.2 Å². The minimum Gasteiger partial charge on any atom is -0.435 e. The summed E-state index contributed by atoms with van der Waals surface area (Å²) in [5.41, 5.74) is 0.206. The summed E-state index contributed by atoms with van der Waals surface area (Å²) in [5.74, 6) is -1.06. The number of carbonyl (C=O) groups excluding carboxylic acids is 1. The largest absolute Gasteiger partial charge is 0.435 e. The molecule has 1 aliphatic carbocycles. The molecule has 0 unspecified atom stereocenters. The number of halogens is 4. The predicted molar refractivity (Wildman–Crippen MR) is 162 cm³/mol. The highest BCUT2D eigenvalue weighted by molar-refractivity contribution is 6.09. The number of alkyl halides is 4. The quantitative estimate of drug-likeness (QED) is 0.174. The van der Waals surface area contributed by atoms with E-state index in [2.05, 4.69) is 62.2 Å². The number of rotatable bonds is 14. The molecule has 1 aliphatic rings. The van der Waals surface area contributed by atoms with E-state index in [1.807, 2.05) is 14.1 Å². The Morgan fingerprint density at radius 3 is 2.62 bits per heavy atom. The van der Waals surface area contributed by atoms with E-state index >= 15 is 0 Å². The molecule has 254 valence electrons. The van der Waals surface area contributed by atoms with Crippen LogP contribution in [0.2, 0.25) is 0 Å². The second-order valence-electron chi connectivity index (χ2n) is 11.5. The van der Waals surface area contributed by atoms with Crippen molar-refractivity contribution in [3.8, 4) is 22.8 Å². The normalized spacial score (nSPS) is 16.3. The van der Waals surface area contributed by atoms with Gasteiger partial charge >= 0.3 is 13.2 Å². The zero-order valence-corrected chi connectivity index (χ0v) is 26.1. The Labute approximate surface area is 271 Å². The summed E-state index contributed by atoms with van der Waals surface area (Å²) in [4.78, 5) is 23.6. The van der Waals surface area contributed by atoms with Gasteiger partial charge in [0.25, 0.3) is 5.91 Å². The minimum absolute atomic E-state index is 0.0156. The van der Waals surface area contributed by atoms with Gasteiger partial charge in [0.15, 0.2) is 11.5 Å². The van der Waals surface area contributed by atoms with Crippen LogP contribution in [0.1, 0.15) is 35.1 Å². The number of tetrazole rings is 1. The van der Waals surface area contributed by atoms with Crippen molar-refractivity contribution in [3.63, 3.8) is 0 Å². The van der Waals surface area contributed by atoms with Crippen LogP contribution >= 0.6 is 0 Å². The van der Waals surface area contributed by atoms with Crippen LogP contribution in [-0.4, -0.2) is 114 Å². The Bertz CT molecular complexity index is 1870. The highest BCUT2D eigenvalue weighted by Crippen LogP contribution is 2.38. The third kappa shape index (κ3) is 7.36. The molecular formula is C29H32F4N12O3. The smallest absolute Gasteiger partial charge is 0.387 e. The summed E-state index contributed by atoms with van der Waals surface area (Å²) in [5, 5.41) is 24.2. The molecule has 0 radical (unpaired) electrons. The molecule has 0 aliphatic heterocycles. The van der Waals surface area contributed by atoms with Crippen molar-refractivity contribution in [1.82, 2.24) is 54.4 Å². The number of hydrogen-bond donors (Lipinski definition) is 1. The number of anilines is 1. The number of aromatic nitrogens is 9. The van der Waals surface area contributed by atoms with Crippen molar-refractivity contribution in [3.05, 3.63) is 60.4 Å². The van der Waals surface area contributed by atoms with Crippen LogP contribution in [0, 0.1) is 0 Å². The Morgan fingerprint density at radius 1 is 1.08 bits per heavy atom. The first kappa shape index (κ1) is 32.8. The first-order valence-electron chi connectivity index (χ1n) is 14.9. The summed E-state index contributed by atoms with van der Waals surface area (Å²) >= 11 is 0. The second-order valence-corrected chi connectivity index (χ2v) is 11.5. The second kappa shape index (κ2) is 13.9. The molecule has 0 spiro atoms. The summed E-state index contributed by atoms with van der Waals surface area (Å²) in [6.07, 6.45) is 7.58. The van der Waals surface area contributed by atoms with E-state index in [4.69, 9.17) is 0 Å². The van der Waals surface area contributed by atoms with Gasteiger partial charge in [-0.25, -0.2) is 9.50 Å². The Morgan fingerprint density at radius 2 is 1.88 bits per heavy atom. The first-order valence-corrected chi connectivity index (χ1v) is 14.9. The zero-order chi connectivity index (χ0) is 33.9. The fraction of sp³-hybridized carbons (Fsp3) is 0.414. The lowest BCUT2D eigenvalue weighted by molar-refractivity contribution is -0.0526. The number of benzene rings is 1. The fourth-order valence-corrected chi connectivity index (χ4v) is 5.31. The van der Waals surface area contributed by atoms with Crippen molar-refractivity contribution in [1.29, 1.82) is 0 Å². The Kier molecular flexibility index (Phi) is 9.49. The van der Waals surface area contributed by atoms with E-state index in [9.17, 15) is 22.4 Å². The van der Waals surface area contributed by atoms with Gasteiger partial charge in [-0.2, -0.15) is 32.6 Å². The van der Waals surface area contributed by atoms with E-state index in [0.717, 1.165) is 44.1 Å². The minimum atomic E-state index is -3.24. The van der Waals surface area contributed by atoms with Gasteiger partial charge in [0.2, 0.25) is 0 Å². The fourth-order valence-electron chi connectivity index (χ4n) is 5.31. The summed E-state index contributed by atoms with van der Waals surface area (Å²) in [7, 11) is 6.16. The number of fused-ring (bicyclic) bond motifs is 1. The maximum absolute atomic E-state index is 13.4. The molecule has 48 heavy (non-hydrogen) atoms. The number of carbonyl (C=O) groups is 1. The zero-order valence-electron chi connectivity index (χ0n) is 26.1. The summed E-state index contributed by atoms with van der Waals surface area (Å²) in [6.45, 7) is -4.55. The molecule has 15 nitrogen and oxygen atoms in total. The van der Waals surface area contributed by atoms with Gasteiger partial charge in [0.1, 0.15) is 29.3 Å². The van der Waals surface area contributed by atoms with Gasteiger partial charge in [-0.1, -0.05) is 0 Å². The molecule has 5 aromatic rings. The van der Waals surface area contributed by atoms with Crippen LogP contribution in [0.3, 0.4) is 0 Å². The van der Waals surface area contributed by atoms with Gasteiger partial charge in [0.05, 0.1) is 23.5 Å². The van der Waals surface area contributed by atoms with E-state index < -0.39 is 19.1 Å². The molecule has 0 bridgehead atoms.